The normalized spacial score (nSPS) is 10.2. The lowest BCUT2D eigenvalue weighted by molar-refractivity contribution is 0.280. The van der Waals surface area contributed by atoms with Gasteiger partial charge >= 0.3 is 0 Å². The Hall–Kier alpha value is -0.860. The van der Waals surface area contributed by atoms with Crippen LogP contribution in [0.1, 0.15) is 11.1 Å². The summed E-state index contributed by atoms with van der Waals surface area (Å²) in [6, 6.07) is 7.98. The lowest BCUT2D eigenvalue weighted by Crippen LogP contribution is -2.11. The van der Waals surface area contributed by atoms with Crippen LogP contribution in [0, 0.1) is 0 Å². The lowest BCUT2D eigenvalue weighted by atomic mass is 10.1. The molecule has 0 fully saturated rings. The van der Waals surface area contributed by atoms with E-state index in [0.29, 0.717) is 0 Å². The van der Waals surface area contributed by atoms with Gasteiger partial charge in [0.25, 0.3) is 0 Å². The minimum atomic E-state index is 0.139. The second-order valence-electron chi connectivity index (χ2n) is 2.78. The van der Waals surface area contributed by atoms with Crippen LogP contribution >= 0.6 is 0 Å². The van der Waals surface area contributed by atoms with Crippen molar-refractivity contribution in [3.8, 4) is 0 Å². The van der Waals surface area contributed by atoms with Gasteiger partial charge in [-0.2, -0.15) is 0 Å². The van der Waals surface area contributed by atoms with Crippen LogP contribution in [0.5, 0.6) is 0 Å². The average molecular weight is 165 g/mol. The number of aliphatic hydroxyl groups is 1. The molecule has 0 atom stereocenters. The number of hydrogen-bond donors (Lipinski definition) is 2. The number of rotatable bonds is 4. The first-order chi connectivity index (χ1) is 5.88. The van der Waals surface area contributed by atoms with Crippen LogP contribution in [0.4, 0.5) is 0 Å². The standard InChI is InChI=1S/C10H15NO/c1-11-7-6-9-4-2-3-5-10(9)8-12/h2-5,11-12H,6-8H2,1H3. The number of benzene rings is 1. The third kappa shape index (κ3) is 2.32. The highest BCUT2D eigenvalue weighted by molar-refractivity contribution is 5.26. The highest BCUT2D eigenvalue weighted by atomic mass is 16.3. The summed E-state index contributed by atoms with van der Waals surface area (Å²) < 4.78 is 0. The van der Waals surface area contributed by atoms with Crippen molar-refractivity contribution < 1.29 is 5.11 Å². The summed E-state index contributed by atoms with van der Waals surface area (Å²) in [6.07, 6.45) is 0.979. The molecule has 0 unspecified atom stereocenters. The molecule has 0 bridgehead atoms. The smallest absolute Gasteiger partial charge is 0.0684 e. The number of nitrogens with one attached hydrogen (secondary N) is 1. The second-order valence-corrected chi connectivity index (χ2v) is 2.78. The number of aliphatic hydroxyl groups excluding tert-OH is 1. The Kier molecular flexibility index (Phi) is 3.77. The van der Waals surface area contributed by atoms with Gasteiger partial charge in [0.1, 0.15) is 0 Å². The van der Waals surface area contributed by atoms with Crippen molar-refractivity contribution in [2.45, 2.75) is 13.0 Å². The first kappa shape index (κ1) is 9.23. The van der Waals surface area contributed by atoms with E-state index in [1.165, 1.54) is 5.56 Å². The van der Waals surface area contributed by atoms with E-state index in [0.717, 1.165) is 18.5 Å². The van der Waals surface area contributed by atoms with Gasteiger partial charge in [0.2, 0.25) is 0 Å². The van der Waals surface area contributed by atoms with E-state index in [9.17, 15) is 0 Å². The molecule has 0 spiro atoms. The highest BCUT2D eigenvalue weighted by Crippen LogP contribution is 2.08. The minimum absolute atomic E-state index is 0.139. The summed E-state index contributed by atoms with van der Waals surface area (Å²) in [6.45, 7) is 1.09. The number of likely N-dealkylation sites (N-methyl/N-ethyl adjacent to an activating group) is 1. The SMILES string of the molecule is CNCCc1ccccc1CO. The topological polar surface area (TPSA) is 32.3 Å². The average Bonchev–Trinajstić information content (AvgIpc) is 2.15. The maximum Gasteiger partial charge on any atom is 0.0684 e. The molecule has 0 aromatic heterocycles. The molecule has 0 aliphatic carbocycles. The molecule has 2 heteroatoms. The zero-order valence-corrected chi connectivity index (χ0v) is 7.38. The van der Waals surface area contributed by atoms with Crippen molar-refractivity contribution in [1.82, 2.24) is 5.32 Å². The molecular weight excluding hydrogens is 150 g/mol. The van der Waals surface area contributed by atoms with Gasteiger partial charge in [0, 0.05) is 0 Å². The predicted molar refractivity (Wildman–Crippen MR) is 50.0 cm³/mol. The fourth-order valence-electron chi connectivity index (χ4n) is 1.22. The third-order valence-corrected chi connectivity index (χ3v) is 1.93. The van der Waals surface area contributed by atoms with E-state index in [1.54, 1.807) is 0 Å². The van der Waals surface area contributed by atoms with Crippen LogP contribution in [-0.4, -0.2) is 18.7 Å². The zero-order valence-electron chi connectivity index (χ0n) is 7.38. The summed E-state index contributed by atoms with van der Waals surface area (Å²) in [5.74, 6) is 0. The predicted octanol–water partition coefficient (Wildman–Crippen LogP) is 0.941. The van der Waals surface area contributed by atoms with E-state index in [2.05, 4.69) is 11.4 Å². The Morgan fingerprint density at radius 2 is 1.92 bits per heavy atom. The van der Waals surface area contributed by atoms with Gasteiger partial charge in [-0.15, -0.1) is 0 Å². The molecule has 2 nitrogen and oxygen atoms in total. The Morgan fingerprint density at radius 3 is 2.50 bits per heavy atom. The maximum absolute atomic E-state index is 9.00. The van der Waals surface area contributed by atoms with Gasteiger partial charge in [-0.05, 0) is 31.1 Å². The summed E-state index contributed by atoms with van der Waals surface area (Å²) in [4.78, 5) is 0. The van der Waals surface area contributed by atoms with E-state index >= 15 is 0 Å². The molecule has 12 heavy (non-hydrogen) atoms. The van der Waals surface area contributed by atoms with Gasteiger partial charge in [-0.1, -0.05) is 24.3 Å². The molecule has 0 heterocycles. The van der Waals surface area contributed by atoms with Crippen molar-refractivity contribution in [1.29, 1.82) is 0 Å². The van der Waals surface area contributed by atoms with E-state index < -0.39 is 0 Å². The Labute approximate surface area is 73.2 Å². The highest BCUT2D eigenvalue weighted by Gasteiger charge is 1.98. The van der Waals surface area contributed by atoms with E-state index in [4.69, 9.17) is 5.11 Å². The van der Waals surface area contributed by atoms with Crippen molar-refractivity contribution in [2.24, 2.45) is 0 Å². The Balaban J connectivity index is 2.68. The van der Waals surface area contributed by atoms with Crippen LogP contribution in [0.15, 0.2) is 24.3 Å². The molecule has 0 saturated carbocycles. The first-order valence-electron chi connectivity index (χ1n) is 4.20. The van der Waals surface area contributed by atoms with Crippen LogP contribution in [0.25, 0.3) is 0 Å². The monoisotopic (exact) mass is 165 g/mol. The van der Waals surface area contributed by atoms with E-state index in [-0.39, 0.29) is 6.61 Å². The Bertz CT molecular complexity index is 235. The number of hydrogen-bond acceptors (Lipinski definition) is 2. The van der Waals surface area contributed by atoms with Gasteiger partial charge in [0.15, 0.2) is 0 Å². The Morgan fingerprint density at radius 1 is 1.25 bits per heavy atom. The third-order valence-electron chi connectivity index (χ3n) is 1.93. The minimum Gasteiger partial charge on any atom is -0.392 e. The van der Waals surface area contributed by atoms with Gasteiger partial charge in [-0.3, -0.25) is 0 Å². The van der Waals surface area contributed by atoms with Gasteiger partial charge in [-0.25, -0.2) is 0 Å². The van der Waals surface area contributed by atoms with Crippen molar-refractivity contribution in [3.05, 3.63) is 35.4 Å². The fourth-order valence-corrected chi connectivity index (χ4v) is 1.22. The van der Waals surface area contributed by atoms with Crippen LogP contribution in [0.2, 0.25) is 0 Å². The summed E-state index contributed by atoms with van der Waals surface area (Å²) in [5, 5.41) is 12.1. The molecular formula is C10H15NO. The maximum atomic E-state index is 9.00. The largest absolute Gasteiger partial charge is 0.392 e. The molecule has 0 saturated heterocycles. The molecule has 0 radical (unpaired) electrons. The first-order valence-corrected chi connectivity index (χ1v) is 4.20. The van der Waals surface area contributed by atoms with Crippen molar-refractivity contribution >= 4 is 0 Å². The summed E-state index contributed by atoms with van der Waals surface area (Å²) >= 11 is 0. The molecule has 0 aliphatic rings. The van der Waals surface area contributed by atoms with Gasteiger partial charge < -0.3 is 10.4 Å². The van der Waals surface area contributed by atoms with Crippen LogP contribution < -0.4 is 5.32 Å². The van der Waals surface area contributed by atoms with Crippen molar-refractivity contribution in [3.63, 3.8) is 0 Å². The van der Waals surface area contributed by atoms with Crippen LogP contribution in [0.3, 0.4) is 0 Å². The summed E-state index contributed by atoms with van der Waals surface area (Å²) in [7, 11) is 1.93. The molecule has 66 valence electrons. The molecule has 0 amide bonds. The quantitative estimate of drug-likeness (QED) is 0.696. The summed E-state index contributed by atoms with van der Waals surface area (Å²) in [5.41, 5.74) is 2.27. The molecule has 1 aromatic carbocycles. The van der Waals surface area contributed by atoms with Crippen LogP contribution in [-0.2, 0) is 13.0 Å². The second kappa shape index (κ2) is 4.91. The van der Waals surface area contributed by atoms with Gasteiger partial charge in [0.05, 0.1) is 6.61 Å². The fraction of sp³-hybridized carbons (Fsp3) is 0.400. The molecule has 1 aromatic rings. The molecule has 2 N–H and O–H groups in total. The zero-order chi connectivity index (χ0) is 8.81. The lowest BCUT2D eigenvalue weighted by Gasteiger charge is -2.05. The molecule has 0 aliphatic heterocycles. The van der Waals surface area contributed by atoms with Crippen molar-refractivity contribution in [2.75, 3.05) is 13.6 Å². The van der Waals surface area contributed by atoms with E-state index in [1.807, 2.05) is 25.2 Å². The molecule has 1 rings (SSSR count).